The topological polar surface area (TPSA) is 97.4 Å². The van der Waals surface area contributed by atoms with Gasteiger partial charge in [-0.25, -0.2) is 4.79 Å². The van der Waals surface area contributed by atoms with Crippen LogP contribution >= 0.6 is 0 Å². The number of hydrogen-bond donors (Lipinski definition) is 2. The van der Waals surface area contributed by atoms with Gasteiger partial charge in [0.2, 0.25) is 0 Å². The molecule has 0 saturated heterocycles. The van der Waals surface area contributed by atoms with E-state index < -0.39 is 0 Å². The lowest BCUT2D eigenvalue weighted by Crippen LogP contribution is -2.34. The van der Waals surface area contributed by atoms with Crippen molar-refractivity contribution in [3.8, 4) is 5.75 Å². The van der Waals surface area contributed by atoms with Crippen LogP contribution in [-0.4, -0.2) is 41.8 Å². The van der Waals surface area contributed by atoms with Gasteiger partial charge in [-0.05, 0) is 37.5 Å². The van der Waals surface area contributed by atoms with Gasteiger partial charge in [0, 0.05) is 6.54 Å². The van der Waals surface area contributed by atoms with Gasteiger partial charge in [-0.2, -0.15) is 0 Å². The van der Waals surface area contributed by atoms with Crippen LogP contribution in [0.25, 0.3) is 0 Å². The van der Waals surface area contributed by atoms with Crippen molar-refractivity contribution in [3.63, 3.8) is 0 Å². The molecule has 0 fully saturated rings. The summed E-state index contributed by atoms with van der Waals surface area (Å²) in [7, 11) is 0. The van der Waals surface area contributed by atoms with E-state index in [-0.39, 0.29) is 24.6 Å². The molecule has 1 aromatic carbocycles. The largest absolute Gasteiger partial charge is 0.486 e. The standard InChI is InChI=1S/C17H27N3O4/c1-5-20(17(21)24-10-12(2)3)13(4)14-6-8-15(9-7-14)23-11-16(18)19-22/h6-9,12-13,22H,5,10-11H2,1-4H3,(H2,18,19)/t13-/m0/s1. The Hall–Kier alpha value is -2.44. The highest BCUT2D eigenvalue weighted by molar-refractivity contribution is 5.81. The minimum atomic E-state index is -0.314. The Morgan fingerprint density at radius 2 is 1.92 bits per heavy atom. The Kier molecular flexibility index (Phi) is 7.88. The fourth-order valence-electron chi connectivity index (χ4n) is 2.09. The molecular weight excluding hydrogens is 310 g/mol. The third-order valence-electron chi connectivity index (χ3n) is 3.46. The first-order chi connectivity index (χ1) is 11.4. The molecule has 0 unspecified atom stereocenters. The Balaban J connectivity index is 2.70. The third-order valence-corrected chi connectivity index (χ3v) is 3.46. The maximum atomic E-state index is 12.2. The fourth-order valence-corrected chi connectivity index (χ4v) is 2.09. The molecule has 1 amide bonds. The van der Waals surface area contributed by atoms with E-state index in [4.69, 9.17) is 20.4 Å². The van der Waals surface area contributed by atoms with Gasteiger partial charge in [0.25, 0.3) is 0 Å². The Labute approximate surface area is 143 Å². The summed E-state index contributed by atoms with van der Waals surface area (Å²) in [6.45, 7) is 8.84. The second kappa shape index (κ2) is 9.64. The first kappa shape index (κ1) is 19.6. The van der Waals surface area contributed by atoms with Gasteiger partial charge in [-0.1, -0.05) is 31.1 Å². The molecule has 0 heterocycles. The van der Waals surface area contributed by atoms with Gasteiger partial charge >= 0.3 is 6.09 Å². The molecule has 24 heavy (non-hydrogen) atoms. The summed E-state index contributed by atoms with van der Waals surface area (Å²) in [5, 5.41) is 11.3. The zero-order valence-corrected chi connectivity index (χ0v) is 14.7. The summed E-state index contributed by atoms with van der Waals surface area (Å²) in [6.07, 6.45) is -0.314. The number of rotatable bonds is 8. The van der Waals surface area contributed by atoms with Crippen LogP contribution in [0.2, 0.25) is 0 Å². The number of nitrogens with zero attached hydrogens (tertiary/aromatic N) is 2. The number of oxime groups is 1. The zero-order valence-electron chi connectivity index (χ0n) is 14.7. The number of carbonyl (C=O) groups excluding carboxylic acids is 1. The van der Waals surface area contributed by atoms with Crippen molar-refractivity contribution in [2.45, 2.75) is 33.7 Å². The number of amidine groups is 1. The smallest absolute Gasteiger partial charge is 0.410 e. The van der Waals surface area contributed by atoms with E-state index >= 15 is 0 Å². The van der Waals surface area contributed by atoms with Crippen LogP contribution in [0.4, 0.5) is 4.79 Å². The van der Waals surface area contributed by atoms with Crippen LogP contribution < -0.4 is 10.5 Å². The number of benzene rings is 1. The summed E-state index contributed by atoms with van der Waals surface area (Å²) >= 11 is 0. The van der Waals surface area contributed by atoms with Crippen LogP contribution in [0.1, 0.15) is 39.3 Å². The highest BCUT2D eigenvalue weighted by atomic mass is 16.6. The molecule has 0 aliphatic rings. The van der Waals surface area contributed by atoms with E-state index in [2.05, 4.69) is 5.16 Å². The maximum Gasteiger partial charge on any atom is 0.410 e. The van der Waals surface area contributed by atoms with Gasteiger partial charge in [-0.3, -0.25) is 0 Å². The first-order valence-corrected chi connectivity index (χ1v) is 8.01. The van der Waals surface area contributed by atoms with Crippen molar-refractivity contribution in [3.05, 3.63) is 29.8 Å². The van der Waals surface area contributed by atoms with E-state index in [1.54, 1.807) is 17.0 Å². The molecule has 1 rings (SSSR count). The zero-order chi connectivity index (χ0) is 18.1. The molecule has 134 valence electrons. The molecule has 1 atom stereocenters. The fraction of sp³-hybridized carbons (Fsp3) is 0.529. The Bertz CT molecular complexity index is 543. The molecule has 7 nitrogen and oxygen atoms in total. The lowest BCUT2D eigenvalue weighted by Gasteiger charge is -2.28. The van der Waals surface area contributed by atoms with Crippen molar-refractivity contribution in [2.24, 2.45) is 16.8 Å². The first-order valence-electron chi connectivity index (χ1n) is 8.01. The van der Waals surface area contributed by atoms with Crippen molar-refractivity contribution in [2.75, 3.05) is 19.8 Å². The van der Waals surface area contributed by atoms with E-state index in [9.17, 15) is 4.79 Å². The predicted octanol–water partition coefficient (Wildman–Crippen LogP) is 2.99. The lowest BCUT2D eigenvalue weighted by molar-refractivity contribution is 0.0816. The number of ether oxygens (including phenoxy) is 2. The minimum absolute atomic E-state index is 0.00231. The van der Waals surface area contributed by atoms with Gasteiger partial charge in [-0.15, -0.1) is 0 Å². The summed E-state index contributed by atoms with van der Waals surface area (Å²) in [5.74, 6) is 0.898. The summed E-state index contributed by atoms with van der Waals surface area (Å²) in [4.78, 5) is 13.9. The summed E-state index contributed by atoms with van der Waals surface area (Å²) in [5.41, 5.74) is 6.32. The number of hydrogen-bond acceptors (Lipinski definition) is 5. The van der Waals surface area contributed by atoms with E-state index in [1.165, 1.54) is 0 Å². The second-order valence-electron chi connectivity index (χ2n) is 5.88. The van der Waals surface area contributed by atoms with Crippen molar-refractivity contribution in [1.82, 2.24) is 4.90 Å². The number of nitrogens with two attached hydrogens (primary N) is 1. The molecule has 0 spiro atoms. The predicted molar refractivity (Wildman–Crippen MR) is 92.3 cm³/mol. The summed E-state index contributed by atoms with van der Waals surface area (Å²) < 4.78 is 10.7. The van der Waals surface area contributed by atoms with Crippen molar-refractivity contribution < 1.29 is 19.5 Å². The van der Waals surface area contributed by atoms with Crippen LogP contribution in [-0.2, 0) is 4.74 Å². The molecule has 0 aromatic heterocycles. The van der Waals surface area contributed by atoms with Crippen LogP contribution in [0.15, 0.2) is 29.4 Å². The minimum Gasteiger partial charge on any atom is -0.486 e. The quantitative estimate of drug-likeness (QED) is 0.329. The monoisotopic (exact) mass is 337 g/mol. The van der Waals surface area contributed by atoms with Crippen LogP contribution in [0, 0.1) is 5.92 Å². The van der Waals surface area contributed by atoms with E-state index in [1.807, 2.05) is 39.8 Å². The Morgan fingerprint density at radius 3 is 2.42 bits per heavy atom. The lowest BCUT2D eigenvalue weighted by atomic mass is 10.1. The molecule has 0 saturated carbocycles. The highest BCUT2D eigenvalue weighted by Crippen LogP contribution is 2.23. The average molecular weight is 337 g/mol. The molecule has 0 bridgehead atoms. The molecule has 1 aromatic rings. The third kappa shape index (κ3) is 5.98. The van der Waals surface area contributed by atoms with E-state index in [0.29, 0.717) is 24.8 Å². The maximum absolute atomic E-state index is 12.2. The van der Waals surface area contributed by atoms with Crippen LogP contribution in [0.5, 0.6) is 5.75 Å². The van der Waals surface area contributed by atoms with Gasteiger partial charge in [0.1, 0.15) is 12.4 Å². The molecule has 0 aliphatic carbocycles. The SMILES string of the molecule is CCN(C(=O)OCC(C)C)[C@@H](C)c1ccc(OC/C(N)=N\O)cc1. The number of amides is 1. The van der Waals surface area contributed by atoms with E-state index in [0.717, 1.165) is 5.56 Å². The van der Waals surface area contributed by atoms with Gasteiger partial charge in [0.15, 0.2) is 5.84 Å². The van der Waals surface area contributed by atoms with Gasteiger partial charge < -0.3 is 25.3 Å². The average Bonchev–Trinajstić information content (AvgIpc) is 2.58. The normalized spacial score (nSPS) is 12.8. The molecule has 7 heteroatoms. The van der Waals surface area contributed by atoms with Crippen LogP contribution in [0.3, 0.4) is 0 Å². The molecule has 0 radical (unpaired) electrons. The Morgan fingerprint density at radius 1 is 1.29 bits per heavy atom. The molecular formula is C17H27N3O4. The second-order valence-corrected chi connectivity index (χ2v) is 5.88. The van der Waals surface area contributed by atoms with Crippen molar-refractivity contribution in [1.29, 1.82) is 0 Å². The van der Waals surface area contributed by atoms with Gasteiger partial charge in [0.05, 0.1) is 12.6 Å². The number of carbonyl (C=O) groups is 1. The highest BCUT2D eigenvalue weighted by Gasteiger charge is 2.21. The van der Waals surface area contributed by atoms with Crippen molar-refractivity contribution >= 4 is 11.9 Å². The summed E-state index contributed by atoms with van der Waals surface area (Å²) in [6, 6.07) is 7.20. The molecule has 3 N–H and O–H groups in total. The molecule has 0 aliphatic heterocycles.